The van der Waals surface area contributed by atoms with E-state index in [4.69, 9.17) is 5.26 Å². The van der Waals surface area contributed by atoms with Crippen molar-refractivity contribution in [3.63, 3.8) is 0 Å². The summed E-state index contributed by atoms with van der Waals surface area (Å²) >= 11 is 1.77. The van der Waals surface area contributed by atoms with Crippen LogP contribution in [0.15, 0.2) is 40.2 Å². The summed E-state index contributed by atoms with van der Waals surface area (Å²) < 4.78 is 1.22. The van der Waals surface area contributed by atoms with E-state index >= 15 is 0 Å². The second-order valence-electron chi connectivity index (χ2n) is 6.85. The molecule has 0 spiro atoms. The third-order valence-corrected chi connectivity index (χ3v) is 6.19. The largest absolute Gasteiger partial charge is 0.311 e. The molecule has 1 N–H and O–H groups in total. The Morgan fingerprint density at radius 1 is 1.43 bits per heavy atom. The van der Waals surface area contributed by atoms with Crippen LogP contribution in [-0.4, -0.2) is 32.3 Å². The summed E-state index contributed by atoms with van der Waals surface area (Å²) in [5.74, 6) is -0.129. The Hall–Kier alpha value is -3.05. The lowest BCUT2D eigenvalue weighted by molar-refractivity contribution is -0.118. The fraction of sp³-hybridized carbons (Fsp3) is 0.300. The van der Waals surface area contributed by atoms with Crippen LogP contribution in [0.4, 0.5) is 5.69 Å². The molecule has 0 saturated carbocycles. The molecule has 0 aliphatic carbocycles. The number of para-hydroxylation sites is 1. The Bertz CT molecular complexity index is 1170. The first-order valence-corrected chi connectivity index (χ1v) is 9.93. The number of benzene rings is 1. The number of thioether (sulfide) groups is 1. The quantitative estimate of drug-likeness (QED) is 0.722. The van der Waals surface area contributed by atoms with Crippen molar-refractivity contribution in [2.75, 3.05) is 11.4 Å². The number of H-pyrrole nitrogens is 1. The third kappa shape index (κ3) is 3.08. The number of hydrogen-bond acceptors (Lipinski definition) is 5. The van der Waals surface area contributed by atoms with Crippen molar-refractivity contribution in [1.29, 1.82) is 5.26 Å². The summed E-state index contributed by atoms with van der Waals surface area (Å²) in [6, 6.07) is 9.87. The van der Waals surface area contributed by atoms with Crippen molar-refractivity contribution in [1.82, 2.24) is 14.6 Å². The molecule has 1 unspecified atom stereocenters. The van der Waals surface area contributed by atoms with Crippen molar-refractivity contribution < 1.29 is 4.79 Å². The Balaban J connectivity index is 1.71. The van der Waals surface area contributed by atoms with Crippen LogP contribution in [0.1, 0.15) is 30.2 Å². The molecular weight excluding hydrogens is 374 g/mol. The van der Waals surface area contributed by atoms with E-state index in [2.05, 4.69) is 17.0 Å². The normalized spacial score (nSPS) is 16.5. The van der Waals surface area contributed by atoms with Gasteiger partial charge in [0.1, 0.15) is 11.6 Å². The SMILES string of the molecule is Cc1nc2c(C#N)c[nH]n2c(=O)c1CC(=O)N1CCC(C)Sc2ccccc21. The highest BCUT2D eigenvalue weighted by atomic mass is 32.2. The maximum Gasteiger partial charge on any atom is 0.276 e. The summed E-state index contributed by atoms with van der Waals surface area (Å²) in [5.41, 5.74) is 1.94. The average Bonchev–Trinajstić information content (AvgIpc) is 3.00. The van der Waals surface area contributed by atoms with Gasteiger partial charge in [0.15, 0.2) is 5.65 Å². The predicted octanol–water partition coefficient (Wildman–Crippen LogP) is 2.66. The van der Waals surface area contributed by atoms with E-state index < -0.39 is 0 Å². The molecule has 0 radical (unpaired) electrons. The van der Waals surface area contributed by atoms with Crippen molar-refractivity contribution in [2.45, 2.75) is 36.8 Å². The summed E-state index contributed by atoms with van der Waals surface area (Å²) in [5, 5.41) is 12.3. The molecule has 0 fully saturated rings. The summed E-state index contributed by atoms with van der Waals surface area (Å²) in [4.78, 5) is 33.3. The zero-order chi connectivity index (χ0) is 19.8. The van der Waals surface area contributed by atoms with Gasteiger partial charge >= 0.3 is 0 Å². The van der Waals surface area contributed by atoms with E-state index in [1.807, 2.05) is 30.3 Å². The van der Waals surface area contributed by atoms with Crippen LogP contribution in [-0.2, 0) is 11.2 Å². The van der Waals surface area contributed by atoms with E-state index in [1.54, 1.807) is 23.6 Å². The van der Waals surface area contributed by atoms with Crippen molar-refractivity contribution in [2.24, 2.45) is 0 Å². The Kier molecular flexibility index (Phi) is 4.69. The number of anilines is 1. The first kappa shape index (κ1) is 18.3. The van der Waals surface area contributed by atoms with Gasteiger partial charge in [0.25, 0.3) is 5.56 Å². The second-order valence-corrected chi connectivity index (χ2v) is 8.33. The molecule has 1 aliphatic heterocycles. The van der Waals surface area contributed by atoms with Gasteiger partial charge < -0.3 is 4.90 Å². The van der Waals surface area contributed by atoms with Gasteiger partial charge in [0.2, 0.25) is 5.91 Å². The number of aromatic amines is 1. The summed E-state index contributed by atoms with van der Waals surface area (Å²) in [6.45, 7) is 4.47. The average molecular weight is 393 g/mol. The van der Waals surface area contributed by atoms with E-state index in [0.29, 0.717) is 28.6 Å². The molecule has 4 rings (SSSR count). The number of carbonyl (C=O) groups is 1. The minimum atomic E-state index is -0.344. The Morgan fingerprint density at radius 3 is 3.00 bits per heavy atom. The highest BCUT2D eigenvalue weighted by molar-refractivity contribution is 8.00. The van der Waals surface area contributed by atoms with Gasteiger partial charge in [-0.2, -0.15) is 5.26 Å². The summed E-state index contributed by atoms with van der Waals surface area (Å²) in [7, 11) is 0. The molecule has 1 aromatic carbocycles. The van der Waals surface area contributed by atoms with Gasteiger partial charge in [-0.25, -0.2) is 9.50 Å². The zero-order valence-corrected chi connectivity index (χ0v) is 16.4. The smallest absolute Gasteiger partial charge is 0.276 e. The number of aromatic nitrogens is 3. The fourth-order valence-electron chi connectivity index (χ4n) is 3.43. The zero-order valence-electron chi connectivity index (χ0n) is 15.6. The molecular formula is C20H19N5O2S. The van der Waals surface area contributed by atoms with Gasteiger partial charge in [-0.15, -0.1) is 11.8 Å². The number of aryl methyl sites for hydroxylation is 1. The van der Waals surface area contributed by atoms with Gasteiger partial charge in [-0.05, 0) is 25.5 Å². The minimum absolute atomic E-state index is 0.0328. The van der Waals surface area contributed by atoms with Crippen LogP contribution in [0.5, 0.6) is 0 Å². The van der Waals surface area contributed by atoms with Crippen molar-refractivity contribution >= 4 is 29.0 Å². The third-order valence-electron chi connectivity index (χ3n) is 4.96. The molecule has 1 amide bonds. The molecule has 2 aromatic heterocycles. The molecule has 3 aromatic rings. The molecule has 28 heavy (non-hydrogen) atoms. The lowest BCUT2D eigenvalue weighted by atomic mass is 10.1. The van der Waals surface area contributed by atoms with Crippen LogP contribution in [0.2, 0.25) is 0 Å². The number of rotatable bonds is 2. The van der Waals surface area contributed by atoms with E-state index in [-0.39, 0.29) is 23.5 Å². The monoisotopic (exact) mass is 393 g/mol. The second kappa shape index (κ2) is 7.17. The van der Waals surface area contributed by atoms with E-state index in [9.17, 15) is 9.59 Å². The number of amides is 1. The van der Waals surface area contributed by atoms with Crippen LogP contribution >= 0.6 is 11.8 Å². The minimum Gasteiger partial charge on any atom is -0.311 e. The maximum absolute atomic E-state index is 13.2. The van der Waals surface area contributed by atoms with E-state index in [0.717, 1.165) is 17.0 Å². The molecule has 0 bridgehead atoms. The summed E-state index contributed by atoms with van der Waals surface area (Å²) in [6.07, 6.45) is 2.29. The Morgan fingerprint density at radius 2 is 2.21 bits per heavy atom. The number of nitrogens with one attached hydrogen (secondary N) is 1. The van der Waals surface area contributed by atoms with Crippen LogP contribution in [0.25, 0.3) is 5.65 Å². The predicted molar refractivity (Wildman–Crippen MR) is 108 cm³/mol. The van der Waals surface area contributed by atoms with Crippen LogP contribution < -0.4 is 10.5 Å². The van der Waals surface area contributed by atoms with Gasteiger partial charge in [0.05, 0.1) is 12.1 Å². The van der Waals surface area contributed by atoms with Crippen molar-refractivity contribution in [3.05, 3.63) is 57.6 Å². The molecule has 3 heterocycles. The number of carbonyl (C=O) groups excluding carboxylic acids is 1. The number of nitrogens with zero attached hydrogens (tertiary/aromatic N) is 4. The highest BCUT2D eigenvalue weighted by Crippen LogP contribution is 2.37. The van der Waals surface area contributed by atoms with Gasteiger partial charge in [-0.3, -0.25) is 14.7 Å². The Labute approximate surface area is 166 Å². The molecule has 142 valence electrons. The maximum atomic E-state index is 13.2. The molecule has 0 saturated heterocycles. The number of hydrogen-bond donors (Lipinski definition) is 1. The first-order valence-electron chi connectivity index (χ1n) is 9.05. The lowest BCUT2D eigenvalue weighted by Gasteiger charge is -2.22. The fourth-order valence-corrected chi connectivity index (χ4v) is 4.55. The standard InChI is InChI=1S/C20H19N5O2S/c1-12-7-8-24(16-5-3-4-6-17(16)28-12)18(26)9-15-13(2)23-19-14(10-21)11-22-25(19)20(15)27/h3-6,11-12,22H,7-9H2,1-2H3. The van der Waals surface area contributed by atoms with Crippen LogP contribution in [0.3, 0.4) is 0 Å². The highest BCUT2D eigenvalue weighted by Gasteiger charge is 2.26. The molecule has 8 heteroatoms. The van der Waals surface area contributed by atoms with Gasteiger partial charge in [0, 0.05) is 34.1 Å². The van der Waals surface area contributed by atoms with E-state index in [1.165, 1.54) is 10.7 Å². The van der Waals surface area contributed by atoms with Gasteiger partial charge in [-0.1, -0.05) is 19.1 Å². The topological polar surface area (TPSA) is 94.3 Å². The first-order chi connectivity index (χ1) is 13.5. The lowest BCUT2D eigenvalue weighted by Crippen LogP contribution is -2.36. The molecule has 1 aliphatic rings. The number of fused-ring (bicyclic) bond motifs is 2. The molecule has 1 atom stereocenters. The van der Waals surface area contributed by atoms with Crippen molar-refractivity contribution in [3.8, 4) is 6.07 Å². The van der Waals surface area contributed by atoms with Crippen LogP contribution in [0, 0.1) is 18.3 Å². The number of nitriles is 1. The molecule has 7 nitrogen and oxygen atoms in total.